The van der Waals surface area contributed by atoms with E-state index >= 15 is 0 Å². The summed E-state index contributed by atoms with van der Waals surface area (Å²) >= 11 is 0. The van der Waals surface area contributed by atoms with Gasteiger partial charge in [0.15, 0.2) is 11.5 Å². The van der Waals surface area contributed by atoms with E-state index < -0.39 is 5.97 Å². The predicted octanol–water partition coefficient (Wildman–Crippen LogP) is 2.97. The van der Waals surface area contributed by atoms with Gasteiger partial charge in [-0.1, -0.05) is 36.4 Å². The Hall–Kier alpha value is -3.02. The van der Waals surface area contributed by atoms with Crippen LogP contribution in [0.1, 0.15) is 30.0 Å². The van der Waals surface area contributed by atoms with Crippen molar-refractivity contribution in [2.45, 2.75) is 25.3 Å². The zero-order valence-electron chi connectivity index (χ0n) is 14.9. The maximum absolute atomic E-state index is 12.5. The van der Waals surface area contributed by atoms with Gasteiger partial charge in [-0.15, -0.1) is 0 Å². The Kier molecular flexibility index (Phi) is 7.02. The first-order chi connectivity index (χ1) is 12.5. The van der Waals surface area contributed by atoms with Crippen molar-refractivity contribution in [2.24, 2.45) is 0 Å². The van der Waals surface area contributed by atoms with Crippen LogP contribution >= 0.6 is 0 Å². The number of hydrogen-bond donors (Lipinski definition) is 2. The zero-order chi connectivity index (χ0) is 18.9. The molecule has 0 radical (unpaired) electrons. The smallest absolute Gasteiger partial charge is 0.303 e. The number of ether oxygens (including phenoxy) is 2. The van der Waals surface area contributed by atoms with E-state index in [1.54, 1.807) is 32.4 Å². The summed E-state index contributed by atoms with van der Waals surface area (Å²) in [5.74, 6) is 0.0834. The van der Waals surface area contributed by atoms with Gasteiger partial charge in [0, 0.05) is 6.42 Å². The fourth-order valence-electron chi connectivity index (χ4n) is 2.70. The van der Waals surface area contributed by atoms with Crippen LogP contribution < -0.4 is 14.8 Å². The summed E-state index contributed by atoms with van der Waals surface area (Å²) in [5.41, 5.74) is 1.67. The number of methoxy groups -OCH3 is 2. The zero-order valence-corrected chi connectivity index (χ0v) is 14.9. The van der Waals surface area contributed by atoms with Crippen molar-refractivity contribution in [3.05, 3.63) is 59.7 Å². The van der Waals surface area contributed by atoms with Gasteiger partial charge in [-0.2, -0.15) is 0 Å². The van der Waals surface area contributed by atoms with Crippen LogP contribution in [0.25, 0.3) is 0 Å². The Labute approximate surface area is 152 Å². The summed E-state index contributed by atoms with van der Waals surface area (Å²) in [6.45, 7) is 0. The van der Waals surface area contributed by atoms with Crippen LogP contribution in [0.5, 0.6) is 11.5 Å². The second kappa shape index (κ2) is 9.46. The Morgan fingerprint density at radius 2 is 1.73 bits per heavy atom. The lowest BCUT2D eigenvalue weighted by Gasteiger charge is -2.19. The van der Waals surface area contributed by atoms with Crippen LogP contribution in [0, 0.1) is 0 Å². The van der Waals surface area contributed by atoms with Gasteiger partial charge >= 0.3 is 5.97 Å². The minimum Gasteiger partial charge on any atom is -0.493 e. The molecular weight excluding hydrogens is 334 g/mol. The molecule has 138 valence electrons. The van der Waals surface area contributed by atoms with E-state index in [0.717, 1.165) is 11.1 Å². The Morgan fingerprint density at radius 1 is 1.04 bits per heavy atom. The quantitative estimate of drug-likeness (QED) is 0.721. The molecule has 0 bridgehead atoms. The highest BCUT2D eigenvalue weighted by atomic mass is 16.5. The Bertz CT molecular complexity index is 745. The van der Waals surface area contributed by atoms with E-state index in [1.807, 2.05) is 30.3 Å². The SMILES string of the molecule is COc1ccc(CC(=O)NC(CCC(=O)O)c2ccccc2)cc1OC. The molecule has 26 heavy (non-hydrogen) atoms. The fourth-order valence-corrected chi connectivity index (χ4v) is 2.70. The Morgan fingerprint density at radius 3 is 2.35 bits per heavy atom. The highest BCUT2D eigenvalue weighted by molar-refractivity contribution is 5.79. The molecule has 0 aliphatic carbocycles. The number of aliphatic carboxylic acids is 1. The third kappa shape index (κ3) is 5.51. The first-order valence-electron chi connectivity index (χ1n) is 8.30. The highest BCUT2D eigenvalue weighted by Gasteiger charge is 2.17. The molecule has 2 rings (SSSR count). The van der Waals surface area contributed by atoms with E-state index in [0.29, 0.717) is 17.9 Å². The maximum Gasteiger partial charge on any atom is 0.303 e. The average molecular weight is 357 g/mol. The maximum atomic E-state index is 12.5. The second-order valence-electron chi connectivity index (χ2n) is 5.83. The summed E-state index contributed by atoms with van der Waals surface area (Å²) in [5, 5.41) is 11.9. The van der Waals surface area contributed by atoms with Gasteiger partial charge in [0.05, 0.1) is 26.7 Å². The third-order valence-electron chi connectivity index (χ3n) is 4.00. The van der Waals surface area contributed by atoms with Crippen LogP contribution in [-0.4, -0.2) is 31.2 Å². The highest BCUT2D eigenvalue weighted by Crippen LogP contribution is 2.28. The van der Waals surface area contributed by atoms with Gasteiger partial charge in [0.2, 0.25) is 5.91 Å². The molecule has 0 aliphatic rings. The van der Waals surface area contributed by atoms with Gasteiger partial charge in [0.1, 0.15) is 0 Å². The number of benzene rings is 2. The van der Waals surface area contributed by atoms with Crippen molar-refractivity contribution in [1.82, 2.24) is 5.32 Å². The van der Waals surface area contributed by atoms with E-state index in [2.05, 4.69) is 5.32 Å². The molecule has 1 amide bonds. The van der Waals surface area contributed by atoms with E-state index in [1.165, 1.54) is 0 Å². The molecule has 6 nitrogen and oxygen atoms in total. The number of carbonyl (C=O) groups excluding carboxylic acids is 1. The molecule has 0 saturated carbocycles. The molecule has 0 saturated heterocycles. The molecule has 6 heteroatoms. The van der Waals surface area contributed by atoms with Gasteiger partial charge in [-0.3, -0.25) is 9.59 Å². The van der Waals surface area contributed by atoms with E-state index in [4.69, 9.17) is 14.6 Å². The number of carbonyl (C=O) groups is 2. The standard InChI is InChI=1S/C20H23NO5/c1-25-17-10-8-14(12-18(17)26-2)13-19(22)21-16(9-11-20(23)24)15-6-4-3-5-7-15/h3-8,10,12,16H,9,11,13H2,1-2H3,(H,21,22)(H,23,24). The average Bonchev–Trinajstić information content (AvgIpc) is 2.65. The lowest BCUT2D eigenvalue weighted by Crippen LogP contribution is -2.30. The van der Waals surface area contributed by atoms with Crippen LogP contribution in [0.3, 0.4) is 0 Å². The minimum absolute atomic E-state index is 0.0177. The summed E-state index contributed by atoms with van der Waals surface area (Å²) in [7, 11) is 3.09. The van der Waals surface area contributed by atoms with Gasteiger partial charge in [-0.05, 0) is 29.7 Å². The number of nitrogens with one attached hydrogen (secondary N) is 1. The first kappa shape index (κ1) is 19.3. The molecule has 1 atom stereocenters. The van der Waals surface area contributed by atoms with E-state index in [-0.39, 0.29) is 24.8 Å². The van der Waals surface area contributed by atoms with Crippen LogP contribution in [0.4, 0.5) is 0 Å². The van der Waals surface area contributed by atoms with Gasteiger partial charge in [-0.25, -0.2) is 0 Å². The fraction of sp³-hybridized carbons (Fsp3) is 0.300. The van der Waals surface area contributed by atoms with Crippen molar-refractivity contribution in [1.29, 1.82) is 0 Å². The molecule has 2 N–H and O–H groups in total. The number of amides is 1. The molecular formula is C20H23NO5. The minimum atomic E-state index is -0.889. The van der Waals surface area contributed by atoms with Gasteiger partial charge in [0.25, 0.3) is 0 Å². The topological polar surface area (TPSA) is 84.9 Å². The molecule has 1 unspecified atom stereocenters. The Balaban J connectivity index is 2.08. The molecule has 2 aromatic carbocycles. The van der Waals surface area contributed by atoms with Crippen molar-refractivity contribution >= 4 is 11.9 Å². The van der Waals surface area contributed by atoms with Crippen molar-refractivity contribution in [2.75, 3.05) is 14.2 Å². The van der Waals surface area contributed by atoms with Crippen molar-refractivity contribution < 1.29 is 24.2 Å². The van der Waals surface area contributed by atoms with Crippen LogP contribution in [0.2, 0.25) is 0 Å². The number of rotatable bonds is 9. The largest absolute Gasteiger partial charge is 0.493 e. The normalized spacial score (nSPS) is 11.5. The van der Waals surface area contributed by atoms with Crippen molar-refractivity contribution in [3.8, 4) is 11.5 Å². The van der Waals surface area contributed by atoms with E-state index in [9.17, 15) is 9.59 Å². The van der Waals surface area contributed by atoms with Crippen LogP contribution in [-0.2, 0) is 16.0 Å². The summed E-state index contributed by atoms with van der Waals surface area (Å²) in [6.07, 6.45) is 0.476. The summed E-state index contributed by atoms with van der Waals surface area (Å²) in [6, 6.07) is 14.3. The summed E-state index contributed by atoms with van der Waals surface area (Å²) < 4.78 is 10.4. The first-order valence-corrected chi connectivity index (χ1v) is 8.30. The third-order valence-corrected chi connectivity index (χ3v) is 4.00. The monoisotopic (exact) mass is 357 g/mol. The molecule has 0 heterocycles. The van der Waals surface area contributed by atoms with Crippen LogP contribution in [0.15, 0.2) is 48.5 Å². The molecule has 2 aromatic rings. The lowest BCUT2D eigenvalue weighted by molar-refractivity contribution is -0.137. The van der Waals surface area contributed by atoms with Crippen molar-refractivity contribution in [3.63, 3.8) is 0 Å². The number of hydrogen-bond acceptors (Lipinski definition) is 4. The van der Waals surface area contributed by atoms with Gasteiger partial charge < -0.3 is 19.9 Å². The molecule has 0 spiro atoms. The molecule has 0 aliphatic heterocycles. The number of carboxylic acid groups (broad SMARTS) is 1. The summed E-state index contributed by atoms with van der Waals surface area (Å²) in [4.78, 5) is 23.4. The lowest BCUT2D eigenvalue weighted by atomic mass is 10.0. The number of carboxylic acids is 1. The predicted molar refractivity (Wildman–Crippen MR) is 97.4 cm³/mol. The second-order valence-corrected chi connectivity index (χ2v) is 5.83. The molecule has 0 aromatic heterocycles. The molecule has 0 fully saturated rings.